The quantitative estimate of drug-likeness (QED) is 0.768. The second-order valence-corrected chi connectivity index (χ2v) is 7.30. The highest BCUT2D eigenvalue weighted by atomic mass is 32.2. The largest absolute Gasteiger partial charge is 0.383 e. The number of nitrogens with one attached hydrogen (secondary N) is 2. The predicted octanol–water partition coefficient (Wildman–Crippen LogP) is 1.81. The topological polar surface area (TPSA) is 67.4 Å². The number of benzene rings is 1. The van der Waals surface area contributed by atoms with Gasteiger partial charge in [-0.1, -0.05) is 26.0 Å². The molecule has 120 valence electrons. The highest BCUT2D eigenvalue weighted by molar-refractivity contribution is 7.89. The number of aryl methyl sites for hydroxylation is 1. The van der Waals surface area contributed by atoms with Crippen molar-refractivity contribution in [2.24, 2.45) is 0 Å². The summed E-state index contributed by atoms with van der Waals surface area (Å²) in [6.45, 7) is 8.68. The van der Waals surface area contributed by atoms with Gasteiger partial charge in [-0.3, -0.25) is 0 Å². The number of sulfonamides is 1. The van der Waals surface area contributed by atoms with Crippen LogP contribution in [0.5, 0.6) is 0 Å². The average molecular weight is 314 g/mol. The molecule has 0 saturated heterocycles. The van der Waals surface area contributed by atoms with Crippen LogP contribution in [-0.2, 0) is 21.3 Å². The number of hydrogen-bond acceptors (Lipinski definition) is 4. The molecule has 0 heterocycles. The molecule has 0 saturated carbocycles. The van der Waals surface area contributed by atoms with E-state index in [2.05, 4.69) is 23.9 Å². The molecular weight excluding hydrogens is 288 g/mol. The fraction of sp³-hybridized carbons (Fsp3) is 0.600. The molecule has 0 radical (unpaired) electrons. The summed E-state index contributed by atoms with van der Waals surface area (Å²) in [4.78, 5) is 0.327. The van der Waals surface area contributed by atoms with Crippen LogP contribution in [-0.4, -0.2) is 34.2 Å². The third-order valence-corrected chi connectivity index (χ3v) is 4.76. The molecule has 1 aromatic carbocycles. The summed E-state index contributed by atoms with van der Waals surface area (Å²) in [5, 5.41) is 3.29. The van der Waals surface area contributed by atoms with Gasteiger partial charge < -0.3 is 10.1 Å². The molecule has 2 N–H and O–H groups in total. The van der Waals surface area contributed by atoms with Gasteiger partial charge in [0.1, 0.15) is 0 Å². The molecule has 0 aliphatic carbocycles. The van der Waals surface area contributed by atoms with Crippen LogP contribution in [0.15, 0.2) is 23.1 Å². The van der Waals surface area contributed by atoms with Crippen LogP contribution >= 0.6 is 0 Å². The van der Waals surface area contributed by atoms with Crippen LogP contribution in [0.25, 0.3) is 0 Å². The van der Waals surface area contributed by atoms with E-state index in [-0.39, 0.29) is 6.04 Å². The number of hydrogen-bond donors (Lipinski definition) is 2. The Kier molecular flexibility index (Phi) is 6.80. The Hall–Kier alpha value is -0.950. The van der Waals surface area contributed by atoms with Gasteiger partial charge >= 0.3 is 0 Å². The summed E-state index contributed by atoms with van der Waals surface area (Å²) in [5.41, 5.74) is 1.69. The van der Waals surface area contributed by atoms with Crippen LogP contribution in [0, 0.1) is 6.92 Å². The summed E-state index contributed by atoms with van der Waals surface area (Å²) >= 11 is 0. The Morgan fingerprint density at radius 2 is 1.90 bits per heavy atom. The van der Waals surface area contributed by atoms with Crippen molar-refractivity contribution >= 4 is 10.0 Å². The molecule has 0 aliphatic heterocycles. The van der Waals surface area contributed by atoms with Crippen LogP contribution in [0.1, 0.15) is 31.9 Å². The minimum atomic E-state index is -3.53. The van der Waals surface area contributed by atoms with Crippen molar-refractivity contribution in [3.05, 3.63) is 29.3 Å². The standard InChI is InChI=1S/C15H26N2O3S/c1-11(2)16-9-14-7-6-12(3)15(8-14)21(18,19)17-13(4)10-20-5/h6-8,11,13,16-17H,9-10H2,1-5H3. The van der Waals surface area contributed by atoms with Crippen molar-refractivity contribution in [3.63, 3.8) is 0 Å². The zero-order chi connectivity index (χ0) is 16.0. The number of rotatable bonds is 8. The van der Waals surface area contributed by atoms with E-state index in [1.807, 2.05) is 12.1 Å². The van der Waals surface area contributed by atoms with Gasteiger partial charge in [-0.15, -0.1) is 0 Å². The molecule has 5 nitrogen and oxygen atoms in total. The molecule has 0 aliphatic rings. The van der Waals surface area contributed by atoms with Gasteiger partial charge in [-0.25, -0.2) is 13.1 Å². The molecule has 0 spiro atoms. The highest BCUT2D eigenvalue weighted by Crippen LogP contribution is 2.17. The van der Waals surface area contributed by atoms with Crippen LogP contribution < -0.4 is 10.0 Å². The lowest BCUT2D eigenvalue weighted by molar-refractivity contribution is 0.180. The fourth-order valence-corrected chi connectivity index (χ4v) is 3.50. The maximum Gasteiger partial charge on any atom is 0.241 e. The van der Waals surface area contributed by atoms with Crippen molar-refractivity contribution in [3.8, 4) is 0 Å². The normalized spacial score (nSPS) is 13.6. The molecular formula is C15H26N2O3S. The lowest BCUT2D eigenvalue weighted by Crippen LogP contribution is -2.36. The second-order valence-electron chi connectivity index (χ2n) is 5.61. The Labute approximate surface area is 128 Å². The van der Waals surface area contributed by atoms with Crippen molar-refractivity contribution in [1.82, 2.24) is 10.0 Å². The summed E-state index contributed by atoms with van der Waals surface area (Å²) < 4.78 is 32.5. The van der Waals surface area contributed by atoms with Crippen molar-refractivity contribution in [2.45, 2.75) is 51.2 Å². The Morgan fingerprint density at radius 3 is 2.48 bits per heavy atom. The maximum absolute atomic E-state index is 12.4. The van der Waals surface area contributed by atoms with Gasteiger partial charge in [-0.2, -0.15) is 0 Å². The minimum absolute atomic E-state index is 0.267. The third-order valence-electron chi connectivity index (χ3n) is 3.03. The van der Waals surface area contributed by atoms with Crippen LogP contribution in [0.3, 0.4) is 0 Å². The molecule has 6 heteroatoms. The first kappa shape index (κ1) is 18.1. The summed E-state index contributed by atoms with van der Waals surface area (Å²) in [6, 6.07) is 5.60. The second kappa shape index (κ2) is 7.89. The smallest absolute Gasteiger partial charge is 0.241 e. The van der Waals surface area contributed by atoms with E-state index in [0.717, 1.165) is 11.1 Å². The summed E-state index contributed by atoms with van der Waals surface area (Å²) in [6.07, 6.45) is 0. The maximum atomic E-state index is 12.4. The molecule has 0 bridgehead atoms. The summed E-state index contributed by atoms with van der Waals surface area (Å²) in [7, 11) is -1.98. The van der Waals surface area contributed by atoms with E-state index >= 15 is 0 Å². The third kappa shape index (κ3) is 5.74. The Balaban J connectivity index is 2.96. The monoisotopic (exact) mass is 314 g/mol. The summed E-state index contributed by atoms with van der Waals surface area (Å²) in [5.74, 6) is 0. The molecule has 1 rings (SSSR count). The van der Waals surface area contributed by atoms with E-state index < -0.39 is 10.0 Å². The Morgan fingerprint density at radius 1 is 1.24 bits per heavy atom. The lowest BCUT2D eigenvalue weighted by atomic mass is 10.1. The SMILES string of the molecule is COCC(C)NS(=O)(=O)c1cc(CNC(C)C)ccc1C. The molecule has 0 fully saturated rings. The van der Waals surface area contributed by atoms with Crippen molar-refractivity contribution in [1.29, 1.82) is 0 Å². The lowest BCUT2D eigenvalue weighted by Gasteiger charge is -2.16. The zero-order valence-corrected chi connectivity index (χ0v) is 14.3. The molecule has 0 amide bonds. The van der Waals surface area contributed by atoms with E-state index in [0.29, 0.717) is 24.1 Å². The van der Waals surface area contributed by atoms with Gasteiger partial charge in [0.05, 0.1) is 11.5 Å². The van der Waals surface area contributed by atoms with Gasteiger partial charge in [0.15, 0.2) is 0 Å². The average Bonchev–Trinajstić information content (AvgIpc) is 2.37. The van der Waals surface area contributed by atoms with Crippen molar-refractivity contribution in [2.75, 3.05) is 13.7 Å². The van der Waals surface area contributed by atoms with Crippen molar-refractivity contribution < 1.29 is 13.2 Å². The van der Waals surface area contributed by atoms with Gasteiger partial charge in [-0.05, 0) is 31.0 Å². The molecule has 21 heavy (non-hydrogen) atoms. The van der Waals surface area contributed by atoms with Crippen LogP contribution in [0.4, 0.5) is 0 Å². The minimum Gasteiger partial charge on any atom is -0.383 e. The Bertz CT molecular complexity index is 556. The highest BCUT2D eigenvalue weighted by Gasteiger charge is 2.19. The van der Waals surface area contributed by atoms with Gasteiger partial charge in [0.25, 0.3) is 0 Å². The molecule has 1 unspecified atom stereocenters. The van der Waals surface area contributed by atoms with Gasteiger partial charge in [0.2, 0.25) is 10.0 Å². The number of ether oxygens (including phenoxy) is 1. The number of methoxy groups -OCH3 is 1. The van der Waals surface area contributed by atoms with E-state index in [9.17, 15) is 8.42 Å². The molecule has 1 aromatic rings. The molecule has 1 atom stereocenters. The van der Waals surface area contributed by atoms with E-state index in [1.54, 1.807) is 27.0 Å². The first-order valence-electron chi connectivity index (χ1n) is 7.10. The first-order valence-corrected chi connectivity index (χ1v) is 8.58. The fourth-order valence-electron chi connectivity index (χ4n) is 1.98. The molecule has 0 aromatic heterocycles. The van der Waals surface area contributed by atoms with E-state index in [4.69, 9.17) is 4.74 Å². The van der Waals surface area contributed by atoms with E-state index in [1.165, 1.54) is 0 Å². The zero-order valence-electron chi connectivity index (χ0n) is 13.4. The van der Waals surface area contributed by atoms with Gasteiger partial charge in [0, 0.05) is 25.7 Å². The first-order chi connectivity index (χ1) is 9.76. The van der Waals surface area contributed by atoms with Crippen LogP contribution in [0.2, 0.25) is 0 Å². The predicted molar refractivity (Wildman–Crippen MR) is 84.8 cm³/mol.